The largest absolute Gasteiger partial charge is 0.842 e. The number of ether oxygens (including phenoxy) is 1. The van der Waals surface area contributed by atoms with Crippen LogP contribution in [0.2, 0.25) is 0 Å². The van der Waals surface area contributed by atoms with Gasteiger partial charge in [-0.05, 0) is 6.92 Å². The Morgan fingerprint density at radius 2 is 2.00 bits per heavy atom. The first-order valence-electron chi connectivity index (χ1n) is 3.01. The van der Waals surface area contributed by atoms with Gasteiger partial charge in [0.05, 0.1) is 0 Å². The Morgan fingerprint density at radius 1 is 1.40 bits per heavy atom. The smallest absolute Gasteiger partial charge is 0.591 e. The van der Waals surface area contributed by atoms with Gasteiger partial charge in [-0.1, -0.05) is 0 Å². The van der Waals surface area contributed by atoms with Crippen molar-refractivity contribution >= 4 is 7.18 Å². The Hall–Kier alpha value is -0.225. The van der Waals surface area contributed by atoms with E-state index in [1.165, 1.54) is 0 Å². The molecule has 0 aromatic rings. The molecule has 0 aliphatic carbocycles. The second-order valence-electron chi connectivity index (χ2n) is 1.64. The van der Waals surface area contributed by atoms with Crippen molar-refractivity contribution in [2.45, 2.75) is 6.92 Å². The second kappa shape index (κ2) is 4.57. The minimum atomic E-state index is -4.97. The van der Waals surface area contributed by atoms with Crippen LogP contribution >= 0.6 is 0 Å². The summed E-state index contributed by atoms with van der Waals surface area (Å²) in [6.45, 7) is 1.92. The van der Waals surface area contributed by atoms with Gasteiger partial charge in [0.15, 0.2) is 0 Å². The van der Waals surface area contributed by atoms with Gasteiger partial charge >= 0.3 is 7.18 Å². The first-order chi connectivity index (χ1) is 4.56. The molecule has 0 spiro atoms. The van der Waals surface area contributed by atoms with E-state index in [2.05, 4.69) is 9.39 Å². The summed E-state index contributed by atoms with van der Waals surface area (Å²) in [5, 5.41) is 0. The number of hydrogen-bond acceptors (Lipinski definition) is 1. The maximum absolute atomic E-state index is 11.3. The first-order valence-corrected chi connectivity index (χ1v) is 3.01. The number of rotatable bonds is 5. The molecule has 0 saturated heterocycles. The third-order valence-corrected chi connectivity index (χ3v) is 0.776. The number of halogens is 3. The Labute approximate surface area is 57.4 Å². The van der Waals surface area contributed by atoms with Crippen molar-refractivity contribution in [3.05, 3.63) is 0 Å². The molecule has 0 aromatic heterocycles. The quantitative estimate of drug-likeness (QED) is 0.331. The molecular formula is C4H10BF3O2. The molecule has 0 unspecified atom stereocenters. The number of hydrogen-bond donors (Lipinski definition) is 0. The van der Waals surface area contributed by atoms with Crippen LogP contribution in [0.25, 0.3) is 0 Å². The minimum absolute atomic E-state index is 0.0533. The SMILES string of the molecule is CCOCC[OH+][B-](F)(F)F. The van der Waals surface area contributed by atoms with Crippen LogP contribution in [0.4, 0.5) is 12.9 Å². The Kier molecular flexibility index (Phi) is 4.47. The Morgan fingerprint density at radius 3 is 2.40 bits per heavy atom. The molecule has 0 heterocycles. The average Bonchev–Trinajstić information content (AvgIpc) is 1.78. The van der Waals surface area contributed by atoms with E-state index in [1.807, 2.05) is 0 Å². The van der Waals surface area contributed by atoms with Gasteiger partial charge in [0, 0.05) is 6.61 Å². The van der Waals surface area contributed by atoms with Gasteiger partial charge in [0.25, 0.3) is 0 Å². The van der Waals surface area contributed by atoms with Crippen LogP contribution < -0.4 is 0 Å². The Balaban J connectivity index is 3.04. The normalized spacial score (nSPS) is 12.0. The summed E-state index contributed by atoms with van der Waals surface area (Å²) in [7, 11) is -4.97. The van der Waals surface area contributed by atoms with Crippen molar-refractivity contribution in [1.29, 1.82) is 0 Å². The Bertz CT molecular complexity index is 85.1. The van der Waals surface area contributed by atoms with E-state index in [0.717, 1.165) is 0 Å². The van der Waals surface area contributed by atoms with E-state index in [0.29, 0.717) is 6.61 Å². The zero-order valence-electron chi connectivity index (χ0n) is 5.69. The van der Waals surface area contributed by atoms with Crippen molar-refractivity contribution in [2.75, 3.05) is 19.8 Å². The summed E-state index contributed by atoms with van der Waals surface area (Å²) >= 11 is 0. The highest BCUT2D eigenvalue weighted by Crippen LogP contribution is 2.05. The summed E-state index contributed by atoms with van der Waals surface area (Å²) < 4.78 is 41.0. The zero-order chi connectivity index (χ0) is 8.04. The van der Waals surface area contributed by atoms with Gasteiger partial charge in [-0.2, -0.15) is 0 Å². The lowest BCUT2D eigenvalue weighted by molar-refractivity contribution is -0.00723. The van der Waals surface area contributed by atoms with E-state index in [9.17, 15) is 12.9 Å². The van der Waals surface area contributed by atoms with Gasteiger partial charge in [-0.3, -0.25) is 0 Å². The molecule has 0 bridgehead atoms. The first kappa shape index (κ1) is 9.77. The van der Waals surface area contributed by atoms with Crippen molar-refractivity contribution in [3.63, 3.8) is 0 Å². The third-order valence-electron chi connectivity index (χ3n) is 0.776. The average molecular weight is 158 g/mol. The number of aliphatic hydroxyl groups is 1. The van der Waals surface area contributed by atoms with E-state index >= 15 is 0 Å². The van der Waals surface area contributed by atoms with Crippen molar-refractivity contribution in [2.24, 2.45) is 0 Å². The van der Waals surface area contributed by atoms with Crippen LogP contribution in [0.3, 0.4) is 0 Å². The molecule has 10 heavy (non-hydrogen) atoms. The molecule has 0 aliphatic rings. The van der Waals surface area contributed by atoms with E-state index in [4.69, 9.17) is 0 Å². The van der Waals surface area contributed by atoms with Crippen LogP contribution in [0.5, 0.6) is 0 Å². The van der Waals surface area contributed by atoms with Crippen LogP contribution in [-0.4, -0.2) is 31.7 Å². The molecule has 0 fully saturated rings. The summed E-state index contributed by atoms with van der Waals surface area (Å²) in [6.07, 6.45) is 0. The third kappa shape index (κ3) is 7.77. The van der Waals surface area contributed by atoms with E-state index in [-0.39, 0.29) is 13.2 Å². The minimum Gasteiger partial charge on any atom is -0.591 e. The van der Waals surface area contributed by atoms with Gasteiger partial charge in [0.1, 0.15) is 13.2 Å². The van der Waals surface area contributed by atoms with E-state index < -0.39 is 7.18 Å². The van der Waals surface area contributed by atoms with Crippen molar-refractivity contribution in [3.8, 4) is 0 Å². The molecule has 0 rings (SSSR count). The highest BCUT2D eigenvalue weighted by atomic mass is 19.4. The standard InChI is InChI=1S/C4H10BF3O2/c1-2-9-3-4-10-5(6,7)8/h10H,2-4H2,1H3. The molecule has 0 saturated carbocycles. The highest BCUT2D eigenvalue weighted by molar-refractivity contribution is 6.50. The molecule has 0 atom stereocenters. The van der Waals surface area contributed by atoms with Gasteiger partial charge in [-0.25, -0.2) is 0 Å². The summed E-state index contributed by atoms with van der Waals surface area (Å²) in [6, 6.07) is 0. The van der Waals surface area contributed by atoms with Gasteiger partial charge in [0.2, 0.25) is 0 Å². The van der Waals surface area contributed by atoms with Crippen molar-refractivity contribution < 1.29 is 22.3 Å². The van der Waals surface area contributed by atoms with Crippen LogP contribution in [0.15, 0.2) is 0 Å². The lowest BCUT2D eigenvalue weighted by atomic mass is 10.3. The molecular weight excluding hydrogens is 148 g/mol. The molecule has 62 valence electrons. The lowest BCUT2D eigenvalue weighted by Gasteiger charge is -2.10. The zero-order valence-corrected chi connectivity index (χ0v) is 5.69. The van der Waals surface area contributed by atoms with Crippen LogP contribution in [0.1, 0.15) is 6.92 Å². The summed E-state index contributed by atoms with van der Waals surface area (Å²) in [4.78, 5) is 0. The van der Waals surface area contributed by atoms with Gasteiger partial charge in [-0.15, -0.1) is 0 Å². The van der Waals surface area contributed by atoms with E-state index in [1.54, 1.807) is 6.92 Å². The monoisotopic (exact) mass is 158 g/mol. The fraction of sp³-hybridized carbons (Fsp3) is 1.00. The predicted molar refractivity (Wildman–Crippen MR) is 32.7 cm³/mol. The molecule has 0 amide bonds. The maximum Gasteiger partial charge on any atom is 0.842 e. The molecule has 2 nitrogen and oxygen atoms in total. The fourth-order valence-corrected chi connectivity index (χ4v) is 0.408. The molecule has 6 heteroatoms. The lowest BCUT2D eigenvalue weighted by Crippen LogP contribution is -2.28. The second-order valence-corrected chi connectivity index (χ2v) is 1.64. The van der Waals surface area contributed by atoms with Crippen LogP contribution in [-0.2, 0) is 4.74 Å². The predicted octanol–water partition coefficient (Wildman–Crippen LogP) is 0.895. The van der Waals surface area contributed by atoms with Gasteiger partial charge < -0.3 is 22.3 Å². The topological polar surface area (TPSA) is 22.0 Å². The maximum atomic E-state index is 11.3. The highest BCUT2D eigenvalue weighted by Gasteiger charge is 2.37. The summed E-state index contributed by atoms with van der Waals surface area (Å²) in [5.41, 5.74) is 0. The summed E-state index contributed by atoms with van der Waals surface area (Å²) in [5.74, 6) is 0. The molecule has 0 radical (unpaired) electrons. The molecule has 0 aromatic carbocycles. The molecule has 1 N–H and O–H groups in total. The van der Waals surface area contributed by atoms with Crippen LogP contribution in [0, 0.1) is 0 Å². The fourth-order valence-electron chi connectivity index (χ4n) is 0.408. The molecule has 0 aliphatic heterocycles. The van der Waals surface area contributed by atoms with Crippen molar-refractivity contribution in [1.82, 2.24) is 0 Å².